The Morgan fingerprint density at radius 2 is 1.94 bits per heavy atom. The number of hydrogen-bond acceptors (Lipinski definition) is 2. The fraction of sp³-hybridized carbons (Fsp3) is 0.385. The van der Waals surface area contributed by atoms with Crippen molar-refractivity contribution in [3.05, 3.63) is 36.8 Å². The molecule has 2 rings (SSSR count). The van der Waals surface area contributed by atoms with Crippen LogP contribution in [0.1, 0.15) is 20.8 Å². The van der Waals surface area contributed by atoms with E-state index in [-0.39, 0.29) is 5.41 Å². The second-order valence-electron chi connectivity index (χ2n) is 5.15. The second-order valence-corrected chi connectivity index (χ2v) is 5.15. The summed E-state index contributed by atoms with van der Waals surface area (Å²) in [5.41, 5.74) is 1.17. The van der Waals surface area contributed by atoms with Gasteiger partial charge in [0.15, 0.2) is 5.82 Å². The van der Waals surface area contributed by atoms with Crippen LogP contribution in [0.3, 0.4) is 0 Å². The van der Waals surface area contributed by atoms with Gasteiger partial charge in [-0.3, -0.25) is 4.98 Å². The summed E-state index contributed by atoms with van der Waals surface area (Å²) in [5.74, 6) is 0.940. The van der Waals surface area contributed by atoms with Crippen LogP contribution in [0.2, 0.25) is 0 Å². The maximum atomic E-state index is 4.37. The molecule has 2 aromatic rings. The minimum absolute atomic E-state index is 0.240. The van der Waals surface area contributed by atoms with Gasteiger partial charge in [-0.25, -0.2) is 4.98 Å². The van der Waals surface area contributed by atoms with Gasteiger partial charge in [0.05, 0.1) is 0 Å². The fourth-order valence-corrected chi connectivity index (χ4v) is 1.68. The summed E-state index contributed by atoms with van der Waals surface area (Å²) in [4.78, 5) is 8.70. The molecule has 0 bridgehead atoms. The predicted octanol–water partition coefficient (Wildman–Crippen LogP) is 2.99. The quantitative estimate of drug-likeness (QED) is 0.771. The van der Waals surface area contributed by atoms with Gasteiger partial charge in [-0.2, -0.15) is 0 Å². The van der Waals surface area contributed by atoms with Crippen LogP contribution in [0.5, 0.6) is 0 Å². The highest BCUT2D eigenvalue weighted by atomic mass is 15.1. The summed E-state index contributed by atoms with van der Waals surface area (Å²) >= 11 is 0. The van der Waals surface area contributed by atoms with Crippen molar-refractivity contribution in [3.63, 3.8) is 0 Å². The van der Waals surface area contributed by atoms with E-state index in [1.807, 2.05) is 30.6 Å². The van der Waals surface area contributed by atoms with Crippen LogP contribution in [0.25, 0.3) is 11.5 Å². The highest BCUT2D eigenvalue weighted by Gasteiger charge is 2.14. The molecule has 84 valence electrons. The highest BCUT2D eigenvalue weighted by molar-refractivity contribution is 5.49. The molecule has 0 amide bonds. The average Bonchev–Trinajstić information content (AvgIpc) is 2.64. The number of aromatic nitrogens is 3. The molecule has 2 heterocycles. The third kappa shape index (κ3) is 2.48. The first-order valence-electron chi connectivity index (χ1n) is 5.49. The Labute approximate surface area is 96.2 Å². The zero-order valence-electron chi connectivity index (χ0n) is 10.0. The Morgan fingerprint density at radius 1 is 1.12 bits per heavy atom. The third-order valence-corrected chi connectivity index (χ3v) is 2.25. The summed E-state index contributed by atoms with van der Waals surface area (Å²) < 4.78 is 2.16. The highest BCUT2D eigenvalue weighted by Crippen LogP contribution is 2.21. The van der Waals surface area contributed by atoms with Gasteiger partial charge in [-0.05, 0) is 17.5 Å². The van der Waals surface area contributed by atoms with Crippen LogP contribution in [-0.4, -0.2) is 14.5 Å². The summed E-state index contributed by atoms with van der Waals surface area (Å²) in [7, 11) is 0. The number of hydrogen-bond donors (Lipinski definition) is 0. The van der Waals surface area contributed by atoms with E-state index >= 15 is 0 Å². The van der Waals surface area contributed by atoms with Crippen molar-refractivity contribution in [2.24, 2.45) is 5.41 Å². The molecule has 0 aromatic carbocycles. The Kier molecular flexibility index (Phi) is 2.77. The lowest BCUT2D eigenvalue weighted by molar-refractivity contribution is 0.345. The number of imidazole rings is 1. The molecule has 0 saturated carbocycles. The zero-order valence-corrected chi connectivity index (χ0v) is 10.0. The lowest BCUT2D eigenvalue weighted by atomic mass is 9.97. The third-order valence-electron chi connectivity index (χ3n) is 2.25. The molecule has 0 atom stereocenters. The van der Waals surface area contributed by atoms with Crippen molar-refractivity contribution in [1.82, 2.24) is 14.5 Å². The van der Waals surface area contributed by atoms with Crippen molar-refractivity contribution < 1.29 is 0 Å². The van der Waals surface area contributed by atoms with Gasteiger partial charge in [0.25, 0.3) is 0 Å². The van der Waals surface area contributed by atoms with E-state index in [1.165, 1.54) is 0 Å². The lowest BCUT2D eigenvalue weighted by Gasteiger charge is -2.20. The Morgan fingerprint density at radius 3 is 2.56 bits per heavy atom. The maximum Gasteiger partial charge on any atom is 0.158 e. The van der Waals surface area contributed by atoms with Gasteiger partial charge in [-0.1, -0.05) is 26.8 Å². The molecule has 0 radical (unpaired) electrons. The van der Waals surface area contributed by atoms with E-state index in [2.05, 4.69) is 35.3 Å². The largest absolute Gasteiger partial charge is 0.329 e. The molecule has 0 saturated heterocycles. The van der Waals surface area contributed by atoms with Gasteiger partial charge in [0, 0.05) is 25.1 Å². The van der Waals surface area contributed by atoms with E-state index in [1.54, 1.807) is 6.20 Å². The minimum Gasteiger partial charge on any atom is -0.329 e. The number of nitrogens with zero attached hydrogens (tertiary/aromatic N) is 3. The first-order valence-corrected chi connectivity index (χ1v) is 5.49. The maximum absolute atomic E-state index is 4.37. The second kappa shape index (κ2) is 4.08. The van der Waals surface area contributed by atoms with Crippen LogP contribution in [0.15, 0.2) is 36.8 Å². The molecule has 0 spiro atoms. The monoisotopic (exact) mass is 215 g/mol. The fourth-order valence-electron chi connectivity index (χ4n) is 1.68. The van der Waals surface area contributed by atoms with Gasteiger partial charge in [0.1, 0.15) is 5.69 Å². The summed E-state index contributed by atoms with van der Waals surface area (Å²) in [6.07, 6.45) is 5.64. The molecule has 2 aromatic heterocycles. The zero-order chi connectivity index (χ0) is 11.6. The van der Waals surface area contributed by atoms with E-state index in [9.17, 15) is 0 Å². The minimum atomic E-state index is 0.240. The standard InChI is InChI=1S/C13H17N3/c1-13(2,3)10-16-9-8-15-12(16)11-6-4-5-7-14-11/h4-9H,10H2,1-3H3. The molecule has 0 N–H and O–H groups in total. The van der Waals surface area contributed by atoms with Crippen LogP contribution in [0, 0.1) is 5.41 Å². The van der Waals surface area contributed by atoms with Crippen LogP contribution in [0.4, 0.5) is 0 Å². The van der Waals surface area contributed by atoms with Gasteiger partial charge >= 0.3 is 0 Å². The molecule has 0 aliphatic heterocycles. The summed E-state index contributed by atoms with van der Waals surface area (Å²) in [6.45, 7) is 7.60. The van der Waals surface area contributed by atoms with Gasteiger partial charge in [-0.15, -0.1) is 0 Å². The van der Waals surface area contributed by atoms with Crippen molar-refractivity contribution in [3.8, 4) is 11.5 Å². The Balaban J connectivity index is 2.33. The van der Waals surface area contributed by atoms with Crippen LogP contribution >= 0.6 is 0 Å². The summed E-state index contributed by atoms with van der Waals surface area (Å²) in [6, 6.07) is 5.89. The smallest absolute Gasteiger partial charge is 0.158 e. The lowest BCUT2D eigenvalue weighted by Crippen LogP contribution is -2.15. The average molecular weight is 215 g/mol. The number of rotatable bonds is 2. The molecular formula is C13H17N3. The normalized spacial score (nSPS) is 11.7. The molecular weight excluding hydrogens is 198 g/mol. The first-order chi connectivity index (χ1) is 7.56. The van der Waals surface area contributed by atoms with Crippen LogP contribution in [-0.2, 0) is 6.54 Å². The molecule has 0 aliphatic rings. The van der Waals surface area contributed by atoms with Gasteiger partial charge in [0.2, 0.25) is 0 Å². The van der Waals surface area contributed by atoms with E-state index < -0.39 is 0 Å². The van der Waals surface area contributed by atoms with Crippen molar-refractivity contribution in [2.45, 2.75) is 27.3 Å². The predicted molar refractivity (Wildman–Crippen MR) is 64.9 cm³/mol. The van der Waals surface area contributed by atoms with Crippen molar-refractivity contribution in [2.75, 3.05) is 0 Å². The van der Waals surface area contributed by atoms with Crippen molar-refractivity contribution >= 4 is 0 Å². The molecule has 0 unspecified atom stereocenters. The topological polar surface area (TPSA) is 30.7 Å². The Hall–Kier alpha value is -1.64. The van der Waals surface area contributed by atoms with E-state index in [0.717, 1.165) is 18.1 Å². The van der Waals surface area contributed by atoms with Gasteiger partial charge < -0.3 is 4.57 Å². The van der Waals surface area contributed by atoms with E-state index in [0.29, 0.717) is 0 Å². The Bertz CT molecular complexity index is 452. The molecule has 3 nitrogen and oxygen atoms in total. The summed E-state index contributed by atoms with van der Waals surface area (Å²) in [5, 5.41) is 0. The first kappa shape index (κ1) is 10.9. The van der Waals surface area contributed by atoms with Crippen LogP contribution < -0.4 is 0 Å². The molecule has 3 heteroatoms. The van der Waals surface area contributed by atoms with Crippen molar-refractivity contribution in [1.29, 1.82) is 0 Å². The SMILES string of the molecule is CC(C)(C)Cn1ccnc1-c1ccccn1. The van der Waals surface area contributed by atoms with E-state index in [4.69, 9.17) is 0 Å². The number of pyridine rings is 1. The molecule has 16 heavy (non-hydrogen) atoms. The molecule has 0 aliphatic carbocycles. The molecule has 0 fully saturated rings.